The van der Waals surface area contributed by atoms with Gasteiger partial charge >= 0.3 is 5.97 Å². The second-order valence-electron chi connectivity index (χ2n) is 6.19. The molecule has 1 aliphatic rings. The van der Waals surface area contributed by atoms with Crippen LogP contribution in [0.2, 0.25) is 0 Å². The van der Waals surface area contributed by atoms with Crippen molar-refractivity contribution in [2.75, 3.05) is 26.2 Å². The fourth-order valence-electron chi connectivity index (χ4n) is 2.96. The Morgan fingerprint density at radius 1 is 1.08 bits per heavy atom. The van der Waals surface area contributed by atoms with E-state index in [1.807, 2.05) is 23.1 Å². The summed E-state index contributed by atoms with van der Waals surface area (Å²) in [6, 6.07) is 10.3. The van der Waals surface area contributed by atoms with Gasteiger partial charge in [-0.15, -0.1) is 0 Å². The summed E-state index contributed by atoms with van der Waals surface area (Å²) >= 11 is 0. The van der Waals surface area contributed by atoms with Crippen molar-refractivity contribution in [3.63, 3.8) is 0 Å². The normalized spacial score (nSPS) is 15.3. The van der Waals surface area contributed by atoms with Crippen molar-refractivity contribution in [2.45, 2.75) is 19.5 Å². The molecule has 2 aromatic rings. The van der Waals surface area contributed by atoms with Crippen LogP contribution in [0.3, 0.4) is 0 Å². The van der Waals surface area contributed by atoms with Crippen LogP contribution in [0.5, 0.6) is 0 Å². The molecule has 0 radical (unpaired) electrons. The quantitative estimate of drug-likeness (QED) is 0.856. The molecule has 7 nitrogen and oxygen atoms in total. The van der Waals surface area contributed by atoms with E-state index in [1.165, 1.54) is 22.6 Å². The highest BCUT2D eigenvalue weighted by atomic mass is 16.4. The maximum Gasteiger partial charge on any atom is 0.338 e. The Bertz CT molecular complexity index is 721. The summed E-state index contributed by atoms with van der Waals surface area (Å²) in [6.07, 6.45) is 3.09. The smallest absolute Gasteiger partial charge is 0.338 e. The topological polar surface area (TPSA) is 78.7 Å². The standard InChI is InChI=1S/C18H22N4O3/c23-17(6-7-22-14-16(12-19-22)18(24)25)21-10-8-20(9-11-21)13-15-4-2-1-3-5-15/h1-5,12,14H,6-11,13H2,(H,24,25). The van der Waals surface area contributed by atoms with Gasteiger partial charge in [-0.2, -0.15) is 5.10 Å². The lowest BCUT2D eigenvalue weighted by Crippen LogP contribution is -2.48. The number of aromatic carboxylic acids is 1. The lowest BCUT2D eigenvalue weighted by molar-refractivity contribution is -0.133. The molecule has 132 valence electrons. The van der Waals surface area contributed by atoms with Crippen molar-refractivity contribution >= 4 is 11.9 Å². The molecule has 1 aliphatic heterocycles. The van der Waals surface area contributed by atoms with E-state index in [1.54, 1.807) is 0 Å². The zero-order valence-electron chi connectivity index (χ0n) is 14.0. The fraction of sp³-hybridized carbons (Fsp3) is 0.389. The first kappa shape index (κ1) is 17.2. The first-order chi connectivity index (χ1) is 12.1. The van der Waals surface area contributed by atoms with E-state index in [2.05, 4.69) is 22.1 Å². The van der Waals surface area contributed by atoms with Crippen molar-refractivity contribution in [3.05, 3.63) is 53.9 Å². The van der Waals surface area contributed by atoms with Gasteiger partial charge in [-0.1, -0.05) is 30.3 Å². The van der Waals surface area contributed by atoms with E-state index in [0.29, 0.717) is 13.0 Å². The van der Waals surface area contributed by atoms with Crippen molar-refractivity contribution < 1.29 is 14.7 Å². The van der Waals surface area contributed by atoms with Gasteiger partial charge in [0.25, 0.3) is 0 Å². The summed E-state index contributed by atoms with van der Waals surface area (Å²) in [5, 5.41) is 12.8. The number of carbonyl (C=O) groups is 2. The van der Waals surface area contributed by atoms with E-state index in [9.17, 15) is 9.59 Å². The maximum atomic E-state index is 12.3. The number of nitrogens with zero attached hydrogens (tertiary/aromatic N) is 4. The van der Waals surface area contributed by atoms with Gasteiger partial charge in [0.05, 0.1) is 11.8 Å². The van der Waals surface area contributed by atoms with E-state index in [-0.39, 0.29) is 11.5 Å². The molecule has 1 N–H and O–H groups in total. The Morgan fingerprint density at radius 3 is 2.44 bits per heavy atom. The first-order valence-electron chi connectivity index (χ1n) is 8.41. The Morgan fingerprint density at radius 2 is 1.80 bits per heavy atom. The molecular weight excluding hydrogens is 320 g/mol. The molecule has 0 atom stereocenters. The SMILES string of the molecule is O=C(O)c1cnn(CCC(=O)N2CCN(Cc3ccccc3)CC2)c1. The number of hydrogen-bond donors (Lipinski definition) is 1. The molecule has 0 aliphatic carbocycles. The van der Waals surface area contributed by atoms with Crippen molar-refractivity contribution in [2.24, 2.45) is 0 Å². The van der Waals surface area contributed by atoms with Gasteiger partial charge in [-0.05, 0) is 5.56 Å². The maximum absolute atomic E-state index is 12.3. The van der Waals surface area contributed by atoms with Crippen LogP contribution in [-0.4, -0.2) is 62.7 Å². The summed E-state index contributed by atoms with van der Waals surface area (Å²) in [6.45, 7) is 4.50. The predicted molar refractivity (Wildman–Crippen MR) is 92.1 cm³/mol. The number of benzene rings is 1. The third kappa shape index (κ3) is 4.67. The molecule has 2 heterocycles. The molecule has 7 heteroatoms. The number of piperazine rings is 1. The van der Waals surface area contributed by atoms with Gasteiger partial charge in [-0.3, -0.25) is 14.4 Å². The third-order valence-corrected chi connectivity index (χ3v) is 4.41. The van der Waals surface area contributed by atoms with Crippen LogP contribution in [0.1, 0.15) is 22.3 Å². The molecule has 1 fully saturated rings. The Kier molecular flexibility index (Phi) is 5.45. The molecular formula is C18H22N4O3. The third-order valence-electron chi connectivity index (χ3n) is 4.41. The van der Waals surface area contributed by atoms with Crippen molar-refractivity contribution in [1.29, 1.82) is 0 Å². The number of amides is 1. The Labute approximate surface area is 146 Å². The number of rotatable bonds is 6. The van der Waals surface area contributed by atoms with Crippen LogP contribution in [-0.2, 0) is 17.9 Å². The van der Waals surface area contributed by atoms with E-state index in [4.69, 9.17) is 5.11 Å². The highest BCUT2D eigenvalue weighted by molar-refractivity contribution is 5.86. The monoisotopic (exact) mass is 342 g/mol. The van der Waals surface area contributed by atoms with E-state index in [0.717, 1.165) is 32.7 Å². The number of aryl methyl sites for hydroxylation is 1. The Hall–Kier alpha value is -2.67. The van der Waals surface area contributed by atoms with Crippen molar-refractivity contribution in [1.82, 2.24) is 19.6 Å². The van der Waals surface area contributed by atoms with Crippen LogP contribution in [0.15, 0.2) is 42.7 Å². The average Bonchev–Trinajstić information content (AvgIpc) is 3.11. The second kappa shape index (κ2) is 7.94. The summed E-state index contributed by atoms with van der Waals surface area (Å²) in [5.74, 6) is -0.918. The molecule has 0 spiro atoms. The van der Waals surface area contributed by atoms with Crippen LogP contribution in [0, 0.1) is 0 Å². The van der Waals surface area contributed by atoms with Crippen molar-refractivity contribution in [3.8, 4) is 0 Å². The summed E-state index contributed by atoms with van der Waals surface area (Å²) in [7, 11) is 0. The van der Waals surface area contributed by atoms with Gasteiger partial charge in [0.2, 0.25) is 5.91 Å². The number of carboxylic acids is 1. The number of carbonyl (C=O) groups excluding carboxylic acids is 1. The highest BCUT2D eigenvalue weighted by Crippen LogP contribution is 2.09. The van der Waals surface area contributed by atoms with Crippen LogP contribution in [0.25, 0.3) is 0 Å². The minimum atomic E-state index is -1.01. The summed E-state index contributed by atoms with van der Waals surface area (Å²) in [4.78, 5) is 27.4. The molecule has 1 saturated heterocycles. The lowest BCUT2D eigenvalue weighted by Gasteiger charge is -2.34. The molecule has 3 rings (SSSR count). The Balaban J connectivity index is 1.42. The molecule has 0 bridgehead atoms. The zero-order valence-corrected chi connectivity index (χ0v) is 14.0. The van der Waals surface area contributed by atoms with Crippen LogP contribution in [0.4, 0.5) is 0 Å². The van der Waals surface area contributed by atoms with E-state index >= 15 is 0 Å². The largest absolute Gasteiger partial charge is 0.478 e. The number of carboxylic acid groups (broad SMARTS) is 1. The van der Waals surface area contributed by atoms with Gasteiger partial charge in [0, 0.05) is 51.9 Å². The molecule has 1 amide bonds. The minimum Gasteiger partial charge on any atom is -0.478 e. The molecule has 1 aromatic heterocycles. The molecule has 25 heavy (non-hydrogen) atoms. The zero-order chi connectivity index (χ0) is 17.6. The van der Waals surface area contributed by atoms with Gasteiger partial charge < -0.3 is 10.0 Å². The minimum absolute atomic E-state index is 0.0896. The number of hydrogen-bond acceptors (Lipinski definition) is 4. The summed E-state index contributed by atoms with van der Waals surface area (Å²) in [5.41, 5.74) is 1.43. The average molecular weight is 342 g/mol. The predicted octanol–water partition coefficient (Wildman–Crippen LogP) is 1.32. The first-order valence-corrected chi connectivity index (χ1v) is 8.41. The molecule has 0 unspecified atom stereocenters. The lowest BCUT2D eigenvalue weighted by atomic mass is 10.2. The molecule has 0 saturated carbocycles. The fourth-order valence-corrected chi connectivity index (χ4v) is 2.96. The van der Waals surface area contributed by atoms with Gasteiger partial charge in [0.1, 0.15) is 0 Å². The highest BCUT2D eigenvalue weighted by Gasteiger charge is 2.21. The number of aromatic nitrogens is 2. The van der Waals surface area contributed by atoms with Crippen LogP contribution < -0.4 is 0 Å². The molecule has 1 aromatic carbocycles. The van der Waals surface area contributed by atoms with E-state index < -0.39 is 5.97 Å². The summed E-state index contributed by atoms with van der Waals surface area (Å²) < 4.78 is 1.51. The van der Waals surface area contributed by atoms with Gasteiger partial charge in [0.15, 0.2) is 0 Å². The van der Waals surface area contributed by atoms with Crippen LogP contribution >= 0.6 is 0 Å². The van der Waals surface area contributed by atoms with Gasteiger partial charge in [-0.25, -0.2) is 4.79 Å². The second-order valence-corrected chi connectivity index (χ2v) is 6.19.